The van der Waals surface area contributed by atoms with E-state index < -0.39 is 16.0 Å². The average molecular weight is 367 g/mol. The Balaban J connectivity index is 2.12. The van der Waals surface area contributed by atoms with Gasteiger partial charge in [0.2, 0.25) is 5.91 Å². The summed E-state index contributed by atoms with van der Waals surface area (Å²) in [7, 11) is -1.43. The largest absolute Gasteiger partial charge is 0.397 e. The number of nitrogens with two attached hydrogens (primary N) is 1. The van der Waals surface area contributed by atoms with Gasteiger partial charge in [-0.25, -0.2) is 0 Å². The number of rotatable bonds is 4. The zero-order chi connectivity index (χ0) is 15.4. The topological polar surface area (TPSA) is 72.2 Å². The molecule has 3 N–H and O–H groups in total. The SMILES string of the molecule is CC(C(=O)Nc1ccccc1N)S(=O)c1cccc(Br)c1. The molecular formula is C15H15BrN2O2S. The molecule has 2 aromatic carbocycles. The normalized spacial score (nSPS) is 13.4. The van der Waals surface area contributed by atoms with Gasteiger partial charge < -0.3 is 11.1 Å². The van der Waals surface area contributed by atoms with Crippen molar-refractivity contribution in [3.63, 3.8) is 0 Å². The van der Waals surface area contributed by atoms with E-state index in [2.05, 4.69) is 21.2 Å². The molecule has 2 aromatic rings. The van der Waals surface area contributed by atoms with Gasteiger partial charge in [0.15, 0.2) is 0 Å². The van der Waals surface area contributed by atoms with E-state index in [1.807, 2.05) is 6.07 Å². The Morgan fingerprint density at radius 3 is 2.62 bits per heavy atom. The highest BCUT2D eigenvalue weighted by Gasteiger charge is 2.22. The highest BCUT2D eigenvalue weighted by Crippen LogP contribution is 2.20. The molecule has 0 saturated carbocycles. The molecule has 0 aromatic heterocycles. The standard InChI is InChI=1S/C15H15BrN2O2S/c1-10(21(20)12-6-4-5-11(16)9-12)15(19)18-14-8-3-2-7-13(14)17/h2-10H,17H2,1H3,(H,18,19). The van der Waals surface area contributed by atoms with Gasteiger partial charge in [0.25, 0.3) is 0 Å². The summed E-state index contributed by atoms with van der Waals surface area (Å²) < 4.78 is 13.2. The number of amides is 1. The lowest BCUT2D eigenvalue weighted by Gasteiger charge is -2.13. The van der Waals surface area contributed by atoms with Gasteiger partial charge in [-0.2, -0.15) is 0 Å². The van der Waals surface area contributed by atoms with Crippen LogP contribution in [-0.2, 0) is 15.6 Å². The molecular weight excluding hydrogens is 352 g/mol. The van der Waals surface area contributed by atoms with Crippen LogP contribution < -0.4 is 11.1 Å². The van der Waals surface area contributed by atoms with Gasteiger partial charge in [-0.1, -0.05) is 34.1 Å². The number of anilines is 2. The number of hydrogen-bond donors (Lipinski definition) is 2. The van der Waals surface area contributed by atoms with Crippen molar-refractivity contribution < 1.29 is 9.00 Å². The summed E-state index contributed by atoms with van der Waals surface area (Å²) in [5.41, 5.74) is 6.79. The number of nitrogens with one attached hydrogen (secondary N) is 1. The molecule has 0 spiro atoms. The maximum atomic E-state index is 12.4. The molecule has 0 aliphatic rings. The summed E-state index contributed by atoms with van der Waals surface area (Å²) in [5.74, 6) is -0.328. The molecule has 110 valence electrons. The molecule has 0 heterocycles. The van der Waals surface area contributed by atoms with E-state index in [9.17, 15) is 9.00 Å². The van der Waals surface area contributed by atoms with Crippen molar-refractivity contribution >= 4 is 44.0 Å². The van der Waals surface area contributed by atoms with Gasteiger partial charge in [-0.3, -0.25) is 9.00 Å². The van der Waals surface area contributed by atoms with Crippen molar-refractivity contribution in [2.24, 2.45) is 0 Å². The number of nitrogen functional groups attached to an aromatic ring is 1. The number of halogens is 1. The second kappa shape index (κ2) is 6.87. The summed E-state index contributed by atoms with van der Waals surface area (Å²) >= 11 is 3.33. The van der Waals surface area contributed by atoms with Crippen LogP contribution >= 0.6 is 15.9 Å². The zero-order valence-electron chi connectivity index (χ0n) is 11.4. The highest BCUT2D eigenvalue weighted by atomic mass is 79.9. The first-order valence-corrected chi connectivity index (χ1v) is 8.31. The van der Waals surface area contributed by atoms with Crippen LogP contribution in [0.5, 0.6) is 0 Å². The molecule has 2 atom stereocenters. The van der Waals surface area contributed by atoms with E-state index in [-0.39, 0.29) is 5.91 Å². The number of benzene rings is 2. The van der Waals surface area contributed by atoms with E-state index >= 15 is 0 Å². The molecule has 1 amide bonds. The van der Waals surface area contributed by atoms with Crippen LogP contribution in [0, 0.1) is 0 Å². The first-order chi connectivity index (χ1) is 9.99. The Hall–Kier alpha value is -1.66. The van der Waals surface area contributed by atoms with Crippen molar-refractivity contribution in [1.29, 1.82) is 0 Å². The minimum atomic E-state index is -1.43. The van der Waals surface area contributed by atoms with Gasteiger partial charge in [0, 0.05) is 9.37 Å². The highest BCUT2D eigenvalue weighted by molar-refractivity contribution is 9.10. The van der Waals surface area contributed by atoms with Gasteiger partial charge >= 0.3 is 0 Å². The van der Waals surface area contributed by atoms with Crippen LogP contribution in [0.25, 0.3) is 0 Å². The van der Waals surface area contributed by atoms with E-state index in [0.717, 1.165) is 4.47 Å². The predicted octanol–water partition coefficient (Wildman–Crippen LogP) is 3.17. The molecule has 6 heteroatoms. The maximum absolute atomic E-state index is 12.4. The minimum Gasteiger partial charge on any atom is -0.397 e. The number of hydrogen-bond acceptors (Lipinski definition) is 3. The molecule has 2 rings (SSSR count). The molecule has 4 nitrogen and oxygen atoms in total. The van der Waals surface area contributed by atoms with Crippen LogP contribution in [0.3, 0.4) is 0 Å². The van der Waals surface area contributed by atoms with Crippen molar-refractivity contribution in [3.8, 4) is 0 Å². The third-order valence-electron chi connectivity index (χ3n) is 2.94. The molecule has 0 bridgehead atoms. The fourth-order valence-corrected chi connectivity index (χ4v) is 3.41. The summed E-state index contributed by atoms with van der Waals surface area (Å²) in [5, 5.41) is 2.02. The first kappa shape index (κ1) is 15.7. The van der Waals surface area contributed by atoms with Gasteiger partial charge in [-0.05, 0) is 37.3 Å². The van der Waals surface area contributed by atoms with Crippen LogP contribution in [0.15, 0.2) is 57.9 Å². The van der Waals surface area contributed by atoms with Crippen LogP contribution in [-0.4, -0.2) is 15.4 Å². The fraction of sp³-hybridized carbons (Fsp3) is 0.133. The predicted molar refractivity (Wildman–Crippen MR) is 89.5 cm³/mol. The summed E-state index contributed by atoms with van der Waals surface area (Å²) in [6, 6.07) is 14.1. The van der Waals surface area contributed by atoms with Gasteiger partial charge in [-0.15, -0.1) is 0 Å². The maximum Gasteiger partial charge on any atom is 0.240 e. The van der Waals surface area contributed by atoms with E-state index in [4.69, 9.17) is 5.73 Å². The zero-order valence-corrected chi connectivity index (χ0v) is 13.8. The number of para-hydroxylation sites is 2. The second-order valence-electron chi connectivity index (χ2n) is 4.47. The lowest BCUT2D eigenvalue weighted by Crippen LogP contribution is -2.29. The average Bonchev–Trinajstić information content (AvgIpc) is 2.48. The lowest BCUT2D eigenvalue weighted by atomic mass is 10.2. The van der Waals surface area contributed by atoms with Gasteiger partial charge in [0.05, 0.1) is 22.2 Å². The summed E-state index contributed by atoms with van der Waals surface area (Å²) in [6.07, 6.45) is 0. The molecule has 21 heavy (non-hydrogen) atoms. The summed E-state index contributed by atoms with van der Waals surface area (Å²) in [4.78, 5) is 12.8. The van der Waals surface area contributed by atoms with Crippen LogP contribution in [0.2, 0.25) is 0 Å². The Morgan fingerprint density at radius 2 is 1.95 bits per heavy atom. The van der Waals surface area contributed by atoms with E-state index in [0.29, 0.717) is 16.3 Å². The molecule has 0 aliphatic heterocycles. The van der Waals surface area contributed by atoms with E-state index in [1.165, 1.54) is 0 Å². The first-order valence-electron chi connectivity index (χ1n) is 6.30. The Bertz CT molecular complexity index is 691. The number of carbonyl (C=O) groups excluding carboxylic acids is 1. The minimum absolute atomic E-state index is 0.328. The Labute approximate surface area is 134 Å². The molecule has 2 unspecified atom stereocenters. The fourth-order valence-electron chi connectivity index (χ4n) is 1.74. The van der Waals surface area contributed by atoms with Gasteiger partial charge in [0.1, 0.15) is 5.25 Å². The van der Waals surface area contributed by atoms with Crippen molar-refractivity contribution in [1.82, 2.24) is 0 Å². The third-order valence-corrected chi connectivity index (χ3v) is 5.01. The molecule has 0 radical (unpaired) electrons. The smallest absolute Gasteiger partial charge is 0.240 e. The number of carbonyl (C=O) groups is 1. The quantitative estimate of drug-likeness (QED) is 0.816. The van der Waals surface area contributed by atoms with Crippen molar-refractivity contribution in [3.05, 3.63) is 53.0 Å². The lowest BCUT2D eigenvalue weighted by molar-refractivity contribution is -0.115. The van der Waals surface area contributed by atoms with Crippen LogP contribution in [0.1, 0.15) is 6.92 Å². The Kier molecular flexibility index (Phi) is 5.14. The van der Waals surface area contributed by atoms with Crippen molar-refractivity contribution in [2.75, 3.05) is 11.1 Å². The monoisotopic (exact) mass is 366 g/mol. The van der Waals surface area contributed by atoms with E-state index in [1.54, 1.807) is 49.4 Å². The van der Waals surface area contributed by atoms with Crippen molar-refractivity contribution in [2.45, 2.75) is 17.1 Å². The van der Waals surface area contributed by atoms with Crippen LogP contribution in [0.4, 0.5) is 11.4 Å². The Morgan fingerprint density at radius 1 is 1.24 bits per heavy atom. The second-order valence-corrected chi connectivity index (χ2v) is 7.16. The third kappa shape index (κ3) is 3.92. The summed E-state index contributed by atoms with van der Waals surface area (Å²) in [6.45, 7) is 1.63. The molecule has 0 aliphatic carbocycles. The molecule has 0 fully saturated rings. The molecule has 0 saturated heterocycles.